The third-order valence-electron chi connectivity index (χ3n) is 6.42. The molecule has 0 amide bonds. The molecule has 0 radical (unpaired) electrons. The molecule has 1 unspecified atom stereocenters. The quantitative estimate of drug-likeness (QED) is 0.532. The second kappa shape index (κ2) is 7.80. The summed E-state index contributed by atoms with van der Waals surface area (Å²) in [6.07, 6.45) is 0.802. The van der Waals surface area contributed by atoms with Gasteiger partial charge in [0.25, 0.3) is 0 Å². The first-order chi connectivity index (χ1) is 15.5. The van der Waals surface area contributed by atoms with Crippen LogP contribution in [-0.4, -0.2) is 23.2 Å². The van der Waals surface area contributed by atoms with Crippen LogP contribution >= 0.6 is 0 Å². The Balaban J connectivity index is 1.67. The molecule has 3 aliphatic rings. The van der Waals surface area contributed by atoms with Crippen LogP contribution < -0.4 is 4.72 Å². The fraction of sp³-hybridized carbons (Fsp3) is 0.435. The fourth-order valence-electron chi connectivity index (χ4n) is 4.45. The number of aromatic nitrogens is 2. The summed E-state index contributed by atoms with van der Waals surface area (Å²) in [7, 11) is -3.44. The molecule has 1 atom stereocenters. The number of nitrogens with one attached hydrogen (secondary N) is 1. The Morgan fingerprint density at radius 1 is 1.18 bits per heavy atom. The standard InChI is InChI=1S/C23H23F4N3O2S/c1-13-2-3-14-6-19(23(25,26)27)22(28-9-14)18-8-21-17(7-20(18)24)15(12-30(21)11-13)10-29-33(31,32)16-4-5-16/h6-9,12-13,16,29H,2-5,10-11H2,1H3. The highest BCUT2D eigenvalue weighted by atomic mass is 32.2. The highest BCUT2D eigenvalue weighted by Gasteiger charge is 2.37. The van der Waals surface area contributed by atoms with Crippen molar-refractivity contribution in [2.45, 2.75) is 57.1 Å². The maximum absolute atomic E-state index is 15.2. The summed E-state index contributed by atoms with van der Waals surface area (Å²) in [6.45, 7) is 2.58. The molecule has 2 aliphatic heterocycles. The molecule has 1 N–H and O–H groups in total. The molecular formula is C23H23F4N3O2S. The molecule has 176 valence electrons. The monoisotopic (exact) mass is 481 g/mol. The normalized spacial score (nSPS) is 19.1. The Labute approximate surface area is 188 Å². The van der Waals surface area contributed by atoms with Crippen LogP contribution in [0.2, 0.25) is 0 Å². The van der Waals surface area contributed by atoms with Gasteiger partial charge in [0.05, 0.1) is 16.5 Å². The number of alkyl halides is 3. The Morgan fingerprint density at radius 2 is 1.94 bits per heavy atom. The predicted molar refractivity (Wildman–Crippen MR) is 116 cm³/mol. The van der Waals surface area contributed by atoms with Gasteiger partial charge in [-0.15, -0.1) is 0 Å². The minimum atomic E-state index is -4.68. The van der Waals surface area contributed by atoms with Crippen molar-refractivity contribution >= 4 is 20.9 Å². The smallest absolute Gasteiger partial charge is 0.347 e. The zero-order chi connectivity index (χ0) is 23.5. The van der Waals surface area contributed by atoms with E-state index in [-0.39, 0.29) is 23.3 Å². The number of rotatable bonds is 4. The highest BCUT2D eigenvalue weighted by Crippen LogP contribution is 2.40. The third kappa shape index (κ3) is 4.26. The summed E-state index contributed by atoms with van der Waals surface area (Å²) in [5, 5.41) is 0.0923. The average Bonchev–Trinajstić information content (AvgIpc) is 3.55. The molecule has 1 saturated carbocycles. The Bertz CT molecular complexity index is 1340. The molecule has 5 nitrogen and oxygen atoms in total. The third-order valence-corrected chi connectivity index (χ3v) is 8.31. The number of hydrogen-bond acceptors (Lipinski definition) is 3. The first-order valence-corrected chi connectivity index (χ1v) is 12.4. The van der Waals surface area contributed by atoms with E-state index in [9.17, 15) is 21.6 Å². The molecule has 4 bridgehead atoms. The first-order valence-electron chi connectivity index (χ1n) is 10.9. The first kappa shape index (κ1) is 22.3. The molecule has 1 fully saturated rings. The van der Waals surface area contributed by atoms with Crippen LogP contribution in [0, 0.1) is 11.7 Å². The lowest BCUT2D eigenvalue weighted by atomic mass is 9.97. The molecule has 3 aromatic rings. The van der Waals surface area contributed by atoms with Gasteiger partial charge in [0.15, 0.2) is 0 Å². The summed E-state index contributed by atoms with van der Waals surface area (Å²) >= 11 is 0. The van der Waals surface area contributed by atoms with E-state index in [2.05, 4.69) is 9.71 Å². The zero-order valence-corrected chi connectivity index (χ0v) is 18.7. The van der Waals surface area contributed by atoms with Crippen LogP contribution in [-0.2, 0) is 35.7 Å². The van der Waals surface area contributed by atoms with Crippen molar-refractivity contribution in [3.8, 4) is 11.3 Å². The summed E-state index contributed by atoms with van der Waals surface area (Å²) < 4.78 is 85.7. The van der Waals surface area contributed by atoms with Crippen LogP contribution in [0.1, 0.15) is 42.9 Å². The van der Waals surface area contributed by atoms with E-state index in [1.807, 2.05) is 11.5 Å². The summed E-state index contributed by atoms with van der Waals surface area (Å²) in [5.74, 6) is -0.707. The molecule has 6 rings (SSSR count). The van der Waals surface area contributed by atoms with Gasteiger partial charge in [0.1, 0.15) is 5.82 Å². The minimum Gasteiger partial charge on any atom is -0.347 e. The summed E-state index contributed by atoms with van der Waals surface area (Å²) in [6, 6.07) is 3.65. The van der Waals surface area contributed by atoms with E-state index in [1.54, 1.807) is 6.20 Å². The van der Waals surface area contributed by atoms with Crippen molar-refractivity contribution < 1.29 is 26.0 Å². The molecular weight excluding hydrogens is 458 g/mol. The predicted octanol–water partition coefficient (Wildman–Crippen LogP) is 5.03. The lowest BCUT2D eigenvalue weighted by Crippen LogP contribution is -2.26. The molecule has 4 heterocycles. The van der Waals surface area contributed by atoms with E-state index < -0.39 is 33.3 Å². The van der Waals surface area contributed by atoms with Crippen molar-refractivity contribution in [2.24, 2.45) is 5.92 Å². The van der Waals surface area contributed by atoms with Gasteiger partial charge in [0.2, 0.25) is 10.0 Å². The number of sulfonamides is 1. The SMILES string of the molecule is CC1CCc2cnc(c(C(F)(F)F)c2)-c2cc3c(cc2F)c(CNS(=O)(=O)C2CC2)cn3C1. The largest absolute Gasteiger partial charge is 0.418 e. The van der Waals surface area contributed by atoms with Gasteiger partial charge in [-0.25, -0.2) is 17.5 Å². The number of hydrogen-bond donors (Lipinski definition) is 1. The molecule has 1 aromatic carbocycles. The van der Waals surface area contributed by atoms with Crippen molar-refractivity contribution in [1.82, 2.24) is 14.3 Å². The zero-order valence-electron chi connectivity index (χ0n) is 17.9. The molecule has 33 heavy (non-hydrogen) atoms. The second-order valence-electron chi connectivity index (χ2n) is 9.10. The lowest BCUT2D eigenvalue weighted by molar-refractivity contribution is -0.137. The van der Waals surface area contributed by atoms with E-state index in [0.717, 1.165) is 6.07 Å². The number of nitrogens with zero attached hydrogens (tertiary/aromatic N) is 2. The van der Waals surface area contributed by atoms with Crippen LogP contribution in [0.3, 0.4) is 0 Å². The van der Waals surface area contributed by atoms with Crippen LogP contribution in [0.25, 0.3) is 22.2 Å². The minimum absolute atomic E-state index is 0.00411. The number of halogens is 4. The Hall–Kier alpha value is -2.46. The Kier molecular flexibility index (Phi) is 5.28. The maximum atomic E-state index is 15.2. The molecule has 0 spiro atoms. The summed E-state index contributed by atoms with van der Waals surface area (Å²) in [4.78, 5) is 4.02. The van der Waals surface area contributed by atoms with Crippen molar-refractivity contribution in [2.75, 3.05) is 0 Å². The van der Waals surface area contributed by atoms with Crippen molar-refractivity contribution in [3.05, 3.63) is 53.1 Å². The van der Waals surface area contributed by atoms with Gasteiger partial charge in [-0.3, -0.25) is 4.98 Å². The van der Waals surface area contributed by atoms with E-state index in [4.69, 9.17) is 0 Å². The number of benzene rings is 1. The topological polar surface area (TPSA) is 64.0 Å². The van der Waals surface area contributed by atoms with Crippen LogP contribution in [0.5, 0.6) is 0 Å². The second-order valence-corrected chi connectivity index (χ2v) is 11.1. The van der Waals surface area contributed by atoms with Gasteiger partial charge in [-0.1, -0.05) is 6.92 Å². The maximum Gasteiger partial charge on any atom is 0.418 e. The number of pyridine rings is 1. The fourth-order valence-corrected chi connectivity index (χ4v) is 5.80. The Morgan fingerprint density at radius 3 is 2.64 bits per heavy atom. The van der Waals surface area contributed by atoms with Gasteiger partial charge in [-0.2, -0.15) is 13.2 Å². The van der Waals surface area contributed by atoms with Gasteiger partial charge >= 0.3 is 6.18 Å². The lowest BCUT2D eigenvalue weighted by Gasteiger charge is -2.18. The van der Waals surface area contributed by atoms with Crippen molar-refractivity contribution in [3.63, 3.8) is 0 Å². The molecule has 1 aliphatic carbocycles. The van der Waals surface area contributed by atoms with Gasteiger partial charge in [-0.05, 0) is 60.9 Å². The van der Waals surface area contributed by atoms with Crippen molar-refractivity contribution in [1.29, 1.82) is 0 Å². The van der Waals surface area contributed by atoms with Gasteiger partial charge < -0.3 is 4.57 Å². The molecule has 0 saturated heterocycles. The number of aryl methyl sites for hydroxylation is 1. The van der Waals surface area contributed by atoms with E-state index in [0.29, 0.717) is 54.3 Å². The van der Waals surface area contributed by atoms with Crippen LogP contribution in [0.15, 0.2) is 30.6 Å². The highest BCUT2D eigenvalue weighted by molar-refractivity contribution is 7.90. The average molecular weight is 482 g/mol. The summed E-state index contributed by atoms with van der Waals surface area (Å²) in [5.41, 5.74) is -0.0223. The van der Waals surface area contributed by atoms with E-state index in [1.165, 1.54) is 18.3 Å². The van der Waals surface area contributed by atoms with E-state index >= 15 is 4.39 Å². The molecule has 10 heteroatoms. The number of fused-ring (bicyclic) bond motifs is 5. The van der Waals surface area contributed by atoms with Crippen LogP contribution in [0.4, 0.5) is 17.6 Å². The molecule has 2 aromatic heterocycles. The van der Waals surface area contributed by atoms with Gasteiger partial charge in [0, 0.05) is 41.9 Å².